The van der Waals surface area contributed by atoms with Crippen molar-refractivity contribution in [2.75, 3.05) is 13.1 Å². The summed E-state index contributed by atoms with van der Waals surface area (Å²) in [5.74, 6) is 1.74. The zero-order valence-corrected chi connectivity index (χ0v) is 18.9. The number of hydrogen-bond donors (Lipinski definition) is 1. The highest BCUT2D eigenvalue weighted by Gasteiger charge is 2.23. The van der Waals surface area contributed by atoms with Crippen molar-refractivity contribution in [2.45, 2.75) is 53.2 Å². The van der Waals surface area contributed by atoms with E-state index >= 15 is 0 Å². The number of amides is 1. The van der Waals surface area contributed by atoms with Gasteiger partial charge in [0.1, 0.15) is 5.82 Å². The Hall–Kier alpha value is -2.99. The Labute approximate surface area is 184 Å². The highest BCUT2D eigenvalue weighted by molar-refractivity contribution is 5.95. The normalized spacial score (nSPS) is 15.2. The lowest BCUT2D eigenvalue weighted by Crippen LogP contribution is -2.30. The number of nitrogens with zero attached hydrogens (tertiary/aromatic N) is 4. The Kier molecular flexibility index (Phi) is 6.18. The van der Waals surface area contributed by atoms with E-state index in [9.17, 15) is 4.79 Å². The van der Waals surface area contributed by atoms with Crippen LogP contribution in [0.3, 0.4) is 0 Å². The van der Waals surface area contributed by atoms with Crippen LogP contribution >= 0.6 is 0 Å². The summed E-state index contributed by atoms with van der Waals surface area (Å²) in [5.41, 5.74) is 5.64. The lowest BCUT2D eigenvalue weighted by Gasteiger charge is -2.21. The van der Waals surface area contributed by atoms with Crippen LogP contribution in [-0.2, 0) is 19.5 Å². The molecule has 4 rings (SSSR count). The molecule has 6 heteroatoms. The number of fused-ring (bicyclic) bond motifs is 1. The largest absolute Gasteiger partial charge is 0.342 e. The number of aryl methyl sites for hydroxylation is 3. The summed E-state index contributed by atoms with van der Waals surface area (Å²) in [6.45, 7) is 11.9. The van der Waals surface area contributed by atoms with E-state index in [1.165, 1.54) is 16.7 Å². The molecule has 1 aliphatic rings. The molecule has 2 heterocycles. The molecule has 0 aliphatic carbocycles. The average molecular weight is 418 g/mol. The molecule has 2 aromatic carbocycles. The quantitative estimate of drug-likeness (QED) is 0.687. The maximum absolute atomic E-state index is 12.7. The SMILES string of the molecule is Cc1cc(C)cc(CN2CCc3nnc([C@H](C)NC(=O)c4ccccc4C)n3CC2)c1. The first-order valence-electron chi connectivity index (χ1n) is 11.0. The van der Waals surface area contributed by atoms with Crippen molar-refractivity contribution >= 4 is 5.91 Å². The third kappa shape index (κ3) is 4.85. The number of hydrogen-bond acceptors (Lipinski definition) is 4. The Balaban J connectivity index is 1.44. The first-order chi connectivity index (χ1) is 14.9. The number of carbonyl (C=O) groups excluding carboxylic acids is 1. The summed E-state index contributed by atoms with van der Waals surface area (Å²) < 4.78 is 2.18. The Morgan fingerprint density at radius 1 is 1.03 bits per heavy atom. The maximum Gasteiger partial charge on any atom is 0.252 e. The molecular formula is C25H31N5O. The highest BCUT2D eigenvalue weighted by atomic mass is 16.1. The fourth-order valence-corrected chi connectivity index (χ4v) is 4.45. The van der Waals surface area contributed by atoms with Crippen molar-refractivity contribution in [3.05, 3.63) is 81.9 Å². The molecule has 0 saturated carbocycles. The minimum Gasteiger partial charge on any atom is -0.342 e. The fraction of sp³-hybridized carbons (Fsp3) is 0.400. The molecule has 162 valence electrons. The van der Waals surface area contributed by atoms with Crippen LogP contribution in [0.15, 0.2) is 42.5 Å². The van der Waals surface area contributed by atoms with Crippen molar-refractivity contribution < 1.29 is 4.79 Å². The van der Waals surface area contributed by atoms with Crippen LogP contribution in [0.5, 0.6) is 0 Å². The summed E-state index contributed by atoms with van der Waals surface area (Å²) in [7, 11) is 0. The number of rotatable bonds is 5. The van der Waals surface area contributed by atoms with Crippen molar-refractivity contribution in [3.63, 3.8) is 0 Å². The molecule has 1 N–H and O–H groups in total. The van der Waals surface area contributed by atoms with Crippen LogP contribution in [0.4, 0.5) is 0 Å². The molecule has 3 aromatic rings. The van der Waals surface area contributed by atoms with E-state index < -0.39 is 0 Å². The lowest BCUT2D eigenvalue weighted by atomic mass is 10.1. The van der Waals surface area contributed by atoms with E-state index in [4.69, 9.17) is 0 Å². The van der Waals surface area contributed by atoms with Gasteiger partial charge in [-0.1, -0.05) is 47.5 Å². The Morgan fingerprint density at radius 2 is 1.77 bits per heavy atom. The van der Waals surface area contributed by atoms with Gasteiger partial charge in [-0.3, -0.25) is 9.69 Å². The van der Waals surface area contributed by atoms with Crippen molar-refractivity contribution in [1.29, 1.82) is 0 Å². The molecule has 6 nitrogen and oxygen atoms in total. The van der Waals surface area contributed by atoms with Gasteiger partial charge in [-0.15, -0.1) is 10.2 Å². The molecule has 1 aliphatic heterocycles. The lowest BCUT2D eigenvalue weighted by molar-refractivity contribution is 0.0937. The summed E-state index contributed by atoms with van der Waals surface area (Å²) in [5, 5.41) is 12.0. The van der Waals surface area contributed by atoms with Gasteiger partial charge in [-0.2, -0.15) is 0 Å². The second-order valence-electron chi connectivity index (χ2n) is 8.66. The molecule has 0 fully saturated rings. The van der Waals surface area contributed by atoms with Gasteiger partial charge in [-0.25, -0.2) is 0 Å². The van der Waals surface area contributed by atoms with Crippen molar-refractivity contribution in [2.24, 2.45) is 0 Å². The van der Waals surface area contributed by atoms with Crippen LogP contribution in [0.1, 0.15) is 57.2 Å². The molecule has 1 atom stereocenters. The topological polar surface area (TPSA) is 63.1 Å². The first-order valence-corrected chi connectivity index (χ1v) is 11.0. The van der Waals surface area contributed by atoms with Gasteiger partial charge >= 0.3 is 0 Å². The van der Waals surface area contributed by atoms with E-state index in [0.717, 1.165) is 49.8 Å². The summed E-state index contributed by atoms with van der Waals surface area (Å²) in [6, 6.07) is 14.2. The zero-order chi connectivity index (χ0) is 22.0. The van der Waals surface area contributed by atoms with Gasteiger partial charge in [-0.05, 0) is 44.9 Å². The van der Waals surface area contributed by atoms with E-state index in [1.54, 1.807) is 0 Å². The van der Waals surface area contributed by atoms with Crippen molar-refractivity contribution in [1.82, 2.24) is 25.0 Å². The van der Waals surface area contributed by atoms with Gasteiger partial charge < -0.3 is 9.88 Å². The molecular weight excluding hydrogens is 386 g/mol. The second kappa shape index (κ2) is 9.02. The molecule has 0 spiro atoms. The van der Waals surface area contributed by atoms with Crippen LogP contribution < -0.4 is 5.32 Å². The van der Waals surface area contributed by atoms with E-state index in [-0.39, 0.29) is 11.9 Å². The number of carbonyl (C=O) groups is 1. The standard InChI is InChI=1S/C25H31N5O/c1-17-13-18(2)15-21(14-17)16-29-10-9-23-27-28-24(30(23)12-11-29)20(4)26-25(31)22-8-6-5-7-19(22)3/h5-8,13-15,20H,9-12,16H2,1-4H3,(H,26,31)/t20-/m0/s1. The van der Waals surface area contributed by atoms with Gasteiger partial charge in [0.2, 0.25) is 0 Å². The fourth-order valence-electron chi connectivity index (χ4n) is 4.45. The second-order valence-corrected chi connectivity index (χ2v) is 8.66. The molecule has 31 heavy (non-hydrogen) atoms. The van der Waals surface area contributed by atoms with Gasteiger partial charge in [0.25, 0.3) is 5.91 Å². The van der Waals surface area contributed by atoms with Gasteiger partial charge in [0.05, 0.1) is 6.04 Å². The minimum absolute atomic E-state index is 0.0759. The van der Waals surface area contributed by atoms with Crippen molar-refractivity contribution in [3.8, 4) is 0 Å². The molecule has 0 radical (unpaired) electrons. The highest BCUT2D eigenvalue weighted by Crippen LogP contribution is 2.18. The number of benzene rings is 2. The summed E-state index contributed by atoms with van der Waals surface area (Å²) in [6.07, 6.45) is 0.857. The predicted molar refractivity (Wildman–Crippen MR) is 122 cm³/mol. The van der Waals surface area contributed by atoms with E-state index in [0.29, 0.717) is 5.56 Å². The van der Waals surface area contributed by atoms with E-state index in [1.807, 2.05) is 38.1 Å². The third-order valence-electron chi connectivity index (χ3n) is 5.96. The number of aromatic nitrogens is 3. The molecule has 1 aromatic heterocycles. The zero-order valence-electron chi connectivity index (χ0n) is 18.9. The molecule has 0 unspecified atom stereocenters. The third-order valence-corrected chi connectivity index (χ3v) is 5.96. The monoisotopic (exact) mass is 417 g/mol. The average Bonchev–Trinajstić information content (AvgIpc) is 3.02. The molecule has 1 amide bonds. The molecule has 0 bridgehead atoms. The maximum atomic E-state index is 12.7. The van der Waals surface area contributed by atoms with Gasteiger partial charge in [0.15, 0.2) is 5.82 Å². The van der Waals surface area contributed by atoms with Crippen LogP contribution in [0, 0.1) is 20.8 Å². The Bertz CT molecular complexity index is 1070. The first kappa shape index (κ1) is 21.2. The number of nitrogens with one attached hydrogen (secondary N) is 1. The van der Waals surface area contributed by atoms with E-state index in [2.05, 4.69) is 57.0 Å². The smallest absolute Gasteiger partial charge is 0.252 e. The minimum atomic E-state index is -0.209. The van der Waals surface area contributed by atoms with Gasteiger partial charge in [0, 0.05) is 38.2 Å². The predicted octanol–water partition coefficient (Wildman–Crippen LogP) is 3.75. The summed E-state index contributed by atoms with van der Waals surface area (Å²) >= 11 is 0. The summed E-state index contributed by atoms with van der Waals surface area (Å²) in [4.78, 5) is 15.2. The van der Waals surface area contributed by atoms with Crippen LogP contribution in [0.2, 0.25) is 0 Å². The Morgan fingerprint density at radius 3 is 2.52 bits per heavy atom. The van der Waals surface area contributed by atoms with Crippen LogP contribution in [0.25, 0.3) is 0 Å². The molecule has 0 saturated heterocycles. The van der Waals surface area contributed by atoms with Crippen LogP contribution in [-0.4, -0.2) is 38.7 Å².